The van der Waals surface area contributed by atoms with E-state index in [-0.39, 0.29) is 5.91 Å². The molecule has 0 radical (unpaired) electrons. The first-order chi connectivity index (χ1) is 9.16. The maximum Gasteiger partial charge on any atom is 0.236 e. The highest BCUT2D eigenvalue weighted by Gasteiger charge is 2.10. The standard InChI is InChI=1S/C14H14N4O/c1-11(19)17-16-9-12-6-7-14(18(2)10-12)13-5-3-4-8-15-13/h3-10H,1-2H3/p+1. The molecule has 2 aromatic heterocycles. The van der Waals surface area contributed by atoms with Gasteiger partial charge in [-0.25, -0.2) is 10.4 Å². The van der Waals surface area contributed by atoms with E-state index in [2.05, 4.69) is 15.5 Å². The fourth-order valence-corrected chi connectivity index (χ4v) is 1.68. The van der Waals surface area contributed by atoms with Crippen LogP contribution in [0.15, 0.2) is 47.8 Å². The zero-order chi connectivity index (χ0) is 13.7. The molecule has 5 nitrogen and oxygen atoms in total. The Morgan fingerprint density at radius 3 is 2.84 bits per heavy atom. The highest BCUT2D eigenvalue weighted by atomic mass is 16.2. The van der Waals surface area contributed by atoms with E-state index in [1.807, 2.05) is 48.1 Å². The molecular formula is C14H15N4O+. The number of nitrogens with zero attached hydrogens (tertiary/aromatic N) is 3. The van der Waals surface area contributed by atoms with Crippen molar-refractivity contribution >= 4 is 12.1 Å². The number of hydrogen-bond acceptors (Lipinski definition) is 3. The van der Waals surface area contributed by atoms with Gasteiger partial charge in [0.25, 0.3) is 0 Å². The highest BCUT2D eigenvalue weighted by molar-refractivity contribution is 5.81. The van der Waals surface area contributed by atoms with E-state index in [9.17, 15) is 4.79 Å². The lowest BCUT2D eigenvalue weighted by Crippen LogP contribution is -2.31. The molecule has 1 N–H and O–H groups in total. The summed E-state index contributed by atoms with van der Waals surface area (Å²) in [5, 5.41) is 3.83. The highest BCUT2D eigenvalue weighted by Crippen LogP contribution is 2.10. The fourth-order valence-electron chi connectivity index (χ4n) is 1.68. The first kappa shape index (κ1) is 12.9. The number of carbonyl (C=O) groups is 1. The Kier molecular flexibility index (Phi) is 3.97. The Hall–Kier alpha value is -2.56. The zero-order valence-corrected chi connectivity index (χ0v) is 10.9. The Bertz CT molecular complexity index is 608. The summed E-state index contributed by atoms with van der Waals surface area (Å²) in [7, 11) is 1.94. The SMILES string of the molecule is CC(=O)N/N=C/c1ccc(-c2ccccn2)[n+](C)c1. The van der Waals surface area contributed by atoms with Crippen LogP contribution in [0.1, 0.15) is 12.5 Å². The van der Waals surface area contributed by atoms with Crippen molar-refractivity contribution in [3.63, 3.8) is 0 Å². The van der Waals surface area contributed by atoms with E-state index in [1.165, 1.54) is 6.92 Å². The van der Waals surface area contributed by atoms with Crippen LogP contribution in [-0.4, -0.2) is 17.1 Å². The van der Waals surface area contributed by atoms with Crippen LogP contribution in [0.5, 0.6) is 0 Å². The second-order valence-electron chi connectivity index (χ2n) is 4.10. The second kappa shape index (κ2) is 5.86. The smallest absolute Gasteiger partial charge is 0.236 e. The fraction of sp³-hybridized carbons (Fsp3) is 0.143. The molecule has 0 saturated carbocycles. The number of nitrogens with one attached hydrogen (secondary N) is 1. The third-order valence-corrected chi connectivity index (χ3v) is 2.52. The molecule has 19 heavy (non-hydrogen) atoms. The van der Waals surface area contributed by atoms with Crippen LogP contribution in [0, 0.1) is 0 Å². The van der Waals surface area contributed by atoms with Crippen molar-refractivity contribution in [2.45, 2.75) is 6.92 Å². The molecule has 1 amide bonds. The van der Waals surface area contributed by atoms with Crippen LogP contribution in [-0.2, 0) is 11.8 Å². The maximum atomic E-state index is 10.7. The number of hydrogen-bond donors (Lipinski definition) is 1. The van der Waals surface area contributed by atoms with E-state index in [4.69, 9.17) is 0 Å². The number of hydrazone groups is 1. The van der Waals surface area contributed by atoms with Gasteiger partial charge >= 0.3 is 0 Å². The van der Waals surface area contributed by atoms with E-state index >= 15 is 0 Å². The first-order valence-electron chi connectivity index (χ1n) is 5.87. The van der Waals surface area contributed by atoms with Gasteiger partial charge in [-0.05, 0) is 18.2 Å². The topological polar surface area (TPSA) is 58.2 Å². The molecule has 0 aliphatic rings. The predicted octanol–water partition coefficient (Wildman–Crippen LogP) is 1.04. The van der Waals surface area contributed by atoms with Gasteiger partial charge in [0.15, 0.2) is 6.20 Å². The normalized spacial score (nSPS) is 10.6. The van der Waals surface area contributed by atoms with Gasteiger partial charge in [-0.3, -0.25) is 4.79 Å². The number of rotatable bonds is 3. The lowest BCUT2D eigenvalue weighted by molar-refractivity contribution is -0.660. The van der Waals surface area contributed by atoms with Crippen LogP contribution in [0.25, 0.3) is 11.4 Å². The van der Waals surface area contributed by atoms with Crippen molar-refractivity contribution in [3.8, 4) is 11.4 Å². The molecule has 0 bridgehead atoms. The molecule has 2 aromatic rings. The number of aryl methyl sites for hydroxylation is 1. The van der Waals surface area contributed by atoms with E-state index in [1.54, 1.807) is 12.4 Å². The lowest BCUT2D eigenvalue weighted by Gasteiger charge is -2.00. The molecule has 0 aliphatic heterocycles. The Morgan fingerprint density at radius 2 is 2.21 bits per heavy atom. The van der Waals surface area contributed by atoms with Gasteiger partial charge in [0.1, 0.15) is 12.7 Å². The zero-order valence-electron chi connectivity index (χ0n) is 10.9. The summed E-state index contributed by atoms with van der Waals surface area (Å²) in [5.74, 6) is -0.189. The van der Waals surface area contributed by atoms with E-state index < -0.39 is 0 Å². The van der Waals surface area contributed by atoms with Crippen LogP contribution < -0.4 is 9.99 Å². The van der Waals surface area contributed by atoms with Crippen molar-refractivity contribution in [1.29, 1.82) is 0 Å². The molecule has 0 aromatic carbocycles. The summed E-state index contributed by atoms with van der Waals surface area (Å²) < 4.78 is 1.97. The van der Waals surface area contributed by atoms with Gasteiger partial charge in [0.2, 0.25) is 11.6 Å². The van der Waals surface area contributed by atoms with Crippen LogP contribution in [0.2, 0.25) is 0 Å². The first-order valence-corrected chi connectivity index (χ1v) is 5.87. The van der Waals surface area contributed by atoms with Crippen molar-refractivity contribution < 1.29 is 9.36 Å². The monoisotopic (exact) mass is 255 g/mol. The maximum absolute atomic E-state index is 10.7. The van der Waals surface area contributed by atoms with Gasteiger partial charge in [0, 0.05) is 19.2 Å². The number of pyridine rings is 2. The van der Waals surface area contributed by atoms with Crippen LogP contribution >= 0.6 is 0 Å². The van der Waals surface area contributed by atoms with Gasteiger partial charge in [-0.15, -0.1) is 0 Å². The summed E-state index contributed by atoms with van der Waals surface area (Å²) in [6.45, 7) is 1.42. The molecule has 2 rings (SSSR count). The van der Waals surface area contributed by atoms with Crippen molar-refractivity contribution in [2.24, 2.45) is 12.1 Å². The Labute approximate surface area is 111 Å². The lowest BCUT2D eigenvalue weighted by atomic mass is 10.2. The van der Waals surface area contributed by atoms with Gasteiger partial charge < -0.3 is 0 Å². The van der Waals surface area contributed by atoms with Crippen molar-refractivity contribution in [2.75, 3.05) is 0 Å². The van der Waals surface area contributed by atoms with E-state index in [0.717, 1.165) is 17.0 Å². The van der Waals surface area contributed by atoms with Crippen LogP contribution in [0.4, 0.5) is 0 Å². The summed E-state index contributed by atoms with van der Waals surface area (Å²) in [4.78, 5) is 15.0. The van der Waals surface area contributed by atoms with Crippen molar-refractivity contribution in [1.82, 2.24) is 10.4 Å². The Balaban J connectivity index is 2.23. The molecule has 0 saturated heterocycles. The molecule has 0 spiro atoms. The largest absolute Gasteiger partial charge is 0.274 e. The number of amides is 1. The minimum absolute atomic E-state index is 0.189. The molecule has 0 unspecified atom stereocenters. The summed E-state index contributed by atoms with van der Waals surface area (Å²) in [6.07, 6.45) is 5.29. The quantitative estimate of drug-likeness (QED) is 0.506. The van der Waals surface area contributed by atoms with Crippen LogP contribution in [0.3, 0.4) is 0 Å². The minimum atomic E-state index is -0.189. The predicted molar refractivity (Wildman–Crippen MR) is 72.3 cm³/mol. The number of carbonyl (C=O) groups excluding carboxylic acids is 1. The third-order valence-electron chi connectivity index (χ3n) is 2.52. The summed E-state index contributed by atoms with van der Waals surface area (Å²) in [5.41, 5.74) is 5.19. The molecule has 0 fully saturated rings. The third kappa shape index (κ3) is 3.45. The van der Waals surface area contributed by atoms with Crippen molar-refractivity contribution in [3.05, 3.63) is 48.3 Å². The molecule has 0 aliphatic carbocycles. The Morgan fingerprint density at radius 1 is 1.37 bits per heavy atom. The molecule has 96 valence electrons. The van der Waals surface area contributed by atoms with Gasteiger partial charge in [0.05, 0.1) is 11.8 Å². The van der Waals surface area contributed by atoms with Gasteiger partial charge in [-0.1, -0.05) is 6.07 Å². The average molecular weight is 255 g/mol. The molecular weight excluding hydrogens is 240 g/mol. The average Bonchev–Trinajstić information content (AvgIpc) is 2.39. The summed E-state index contributed by atoms with van der Waals surface area (Å²) >= 11 is 0. The second-order valence-corrected chi connectivity index (χ2v) is 4.10. The molecule has 0 atom stereocenters. The number of aromatic nitrogens is 2. The molecule has 5 heteroatoms. The van der Waals surface area contributed by atoms with Gasteiger partial charge in [-0.2, -0.15) is 9.67 Å². The molecule has 2 heterocycles. The van der Waals surface area contributed by atoms with E-state index in [0.29, 0.717) is 0 Å². The summed E-state index contributed by atoms with van der Waals surface area (Å²) in [6, 6.07) is 9.69. The minimum Gasteiger partial charge on any atom is -0.274 e.